The average molecular weight is 276 g/mol. The van der Waals surface area contributed by atoms with Gasteiger partial charge in [-0.15, -0.1) is 0 Å². The van der Waals surface area contributed by atoms with E-state index in [1.165, 1.54) is 39.2 Å². The van der Waals surface area contributed by atoms with E-state index in [1.807, 2.05) is 12.1 Å². The monoisotopic (exact) mass is 276 g/mol. The summed E-state index contributed by atoms with van der Waals surface area (Å²) in [4.78, 5) is 11.6. The van der Waals surface area contributed by atoms with E-state index in [1.54, 1.807) is 6.07 Å². The highest BCUT2D eigenvalue weighted by atomic mass is 16.5. The van der Waals surface area contributed by atoms with Crippen LogP contribution in [0.25, 0.3) is 0 Å². The van der Waals surface area contributed by atoms with Crippen molar-refractivity contribution in [2.45, 2.75) is 39.0 Å². The zero-order chi connectivity index (χ0) is 14.6. The van der Waals surface area contributed by atoms with Crippen LogP contribution in [-0.2, 0) is 4.74 Å². The molecule has 0 heterocycles. The van der Waals surface area contributed by atoms with Gasteiger partial charge in [-0.1, -0.05) is 32.3 Å². The fraction of sp³-hybridized carbons (Fsp3) is 0.562. The fourth-order valence-corrected chi connectivity index (χ4v) is 2.90. The van der Waals surface area contributed by atoms with Gasteiger partial charge >= 0.3 is 5.97 Å². The van der Waals surface area contributed by atoms with E-state index in [-0.39, 0.29) is 0 Å². The Bertz CT molecular complexity index is 479. The molecule has 0 unspecified atom stereocenters. The molecule has 20 heavy (non-hydrogen) atoms. The van der Waals surface area contributed by atoms with Crippen LogP contribution in [0.2, 0.25) is 0 Å². The lowest BCUT2D eigenvalue weighted by Gasteiger charge is -2.34. The molecule has 1 aliphatic carbocycles. The summed E-state index contributed by atoms with van der Waals surface area (Å²) in [6.07, 6.45) is 6.44. The van der Waals surface area contributed by atoms with Crippen molar-refractivity contribution in [3.63, 3.8) is 0 Å². The molecule has 0 saturated heterocycles. The minimum Gasteiger partial charge on any atom is -0.465 e. The van der Waals surface area contributed by atoms with Gasteiger partial charge < -0.3 is 15.8 Å². The molecule has 1 aromatic rings. The normalized spacial score (nSPS) is 17.5. The van der Waals surface area contributed by atoms with Gasteiger partial charge in [-0.2, -0.15) is 0 Å². The van der Waals surface area contributed by atoms with Gasteiger partial charge in [0, 0.05) is 6.54 Å². The number of ether oxygens (including phenoxy) is 1. The van der Waals surface area contributed by atoms with Crippen LogP contribution >= 0.6 is 0 Å². The Hall–Kier alpha value is -1.71. The molecule has 1 aromatic carbocycles. The summed E-state index contributed by atoms with van der Waals surface area (Å²) in [5.74, 6) is -0.393. The maximum Gasteiger partial charge on any atom is 0.340 e. The van der Waals surface area contributed by atoms with E-state index in [0.29, 0.717) is 16.7 Å². The van der Waals surface area contributed by atoms with Crippen LogP contribution in [0.5, 0.6) is 0 Å². The largest absolute Gasteiger partial charge is 0.465 e. The van der Waals surface area contributed by atoms with Gasteiger partial charge in [0.2, 0.25) is 0 Å². The van der Waals surface area contributed by atoms with E-state index in [9.17, 15) is 4.79 Å². The number of nitrogens with one attached hydrogen (secondary N) is 1. The summed E-state index contributed by atoms with van der Waals surface area (Å²) in [6.45, 7) is 3.21. The van der Waals surface area contributed by atoms with E-state index < -0.39 is 5.97 Å². The third-order valence-corrected chi connectivity index (χ3v) is 4.28. The molecule has 3 N–H and O–H groups in total. The summed E-state index contributed by atoms with van der Waals surface area (Å²) in [7, 11) is 1.37. The van der Waals surface area contributed by atoms with Crippen molar-refractivity contribution in [2.24, 2.45) is 5.41 Å². The number of hydrogen-bond donors (Lipinski definition) is 2. The Morgan fingerprint density at radius 3 is 2.70 bits per heavy atom. The van der Waals surface area contributed by atoms with E-state index in [0.717, 1.165) is 12.2 Å². The van der Waals surface area contributed by atoms with Gasteiger partial charge in [0.1, 0.15) is 0 Å². The van der Waals surface area contributed by atoms with Gasteiger partial charge in [-0.3, -0.25) is 0 Å². The molecule has 0 aromatic heterocycles. The van der Waals surface area contributed by atoms with Gasteiger partial charge in [0.25, 0.3) is 0 Å². The van der Waals surface area contributed by atoms with Crippen LogP contribution in [0.3, 0.4) is 0 Å². The smallest absolute Gasteiger partial charge is 0.340 e. The molecule has 4 nitrogen and oxygen atoms in total. The molecule has 0 spiro atoms. The number of carbonyl (C=O) groups is 1. The van der Waals surface area contributed by atoms with Gasteiger partial charge in [-0.25, -0.2) is 4.79 Å². The first-order chi connectivity index (χ1) is 9.56. The van der Waals surface area contributed by atoms with Crippen LogP contribution < -0.4 is 11.1 Å². The second kappa shape index (κ2) is 6.16. The summed E-state index contributed by atoms with van der Waals surface area (Å²) >= 11 is 0. The predicted octanol–water partition coefficient (Wildman–Crippen LogP) is 3.44. The Morgan fingerprint density at radius 1 is 1.35 bits per heavy atom. The third-order valence-electron chi connectivity index (χ3n) is 4.28. The SMILES string of the molecule is COC(=O)c1cccc(NCC2(C)CCCCC2)c1N. The number of nitrogen functional groups attached to an aromatic ring is 1. The third kappa shape index (κ3) is 3.24. The Kier molecular flexibility index (Phi) is 4.53. The molecule has 2 rings (SSSR count). The van der Waals surface area contributed by atoms with Gasteiger partial charge in [-0.05, 0) is 30.4 Å². The van der Waals surface area contributed by atoms with Crippen molar-refractivity contribution in [3.8, 4) is 0 Å². The van der Waals surface area contributed by atoms with Crippen LogP contribution in [-0.4, -0.2) is 19.6 Å². The Labute approximate surface area is 120 Å². The molecule has 0 bridgehead atoms. The molecular formula is C16H24N2O2. The molecule has 110 valence electrons. The summed E-state index contributed by atoms with van der Waals surface area (Å²) < 4.78 is 4.74. The van der Waals surface area contributed by atoms with Crippen molar-refractivity contribution in [1.82, 2.24) is 0 Å². The lowest BCUT2D eigenvalue weighted by Crippen LogP contribution is -2.29. The second-order valence-electron chi connectivity index (χ2n) is 5.98. The first-order valence-corrected chi connectivity index (χ1v) is 7.26. The van der Waals surface area contributed by atoms with Crippen molar-refractivity contribution >= 4 is 17.3 Å². The number of benzene rings is 1. The number of para-hydroxylation sites is 1. The summed E-state index contributed by atoms with van der Waals surface area (Å²) in [6, 6.07) is 5.43. The van der Waals surface area contributed by atoms with Crippen LogP contribution in [0.4, 0.5) is 11.4 Å². The van der Waals surface area contributed by atoms with E-state index in [2.05, 4.69) is 12.2 Å². The van der Waals surface area contributed by atoms with Crippen molar-refractivity contribution in [1.29, 1.82) is 0 Å². The summed E-state index contributed by atoms with van der Waals surface area (Å²) in [5.41, 5.74) is 8.09. The lowest BCUT2D eigenvalue weighted by atomic mass is 9.75. The van der Waals surface area contributed by atoms with Crippen LogP contribution in [0.15, 0.2) is 18.2 Å². The quantitative estimate of drug-likeness (QED) is 0.653. The Balaban J connectivity index is 2.08. The first kappa shape index (κ1) is 14.7. The van der Waals surface area contributed by atoms with Crippen molar-refractivity contribution in [3.05, 3.63) is 23.8 Å². The zero-order valence-corrected chi connectivity index (χ0v) is 12.4. The number of methoxy groups -OCH3 is 1. The minimum absolute atomic E-state index is 0.325. The highest BCUT2D eigenvalue weighted by Gasteiger charge is 2.26. The molecule has 0 amide bonds. The Morgan fingerprint density at radius 2 is 2.05 bits per heavy atom. The lowest BCUT2D eigenvalue weighted by molar-refractivity contribution is 0.0602. The van der Waals surface area contributed by atoms with Crippen molar-refractivity contribution < 1.29 is 9.53 Å². The highest BCUT2D eigenvalue weighted by molar-refractivity contribution is 5.98. The molecule has 1 fully saturated rings. The minimum atomic E-state index is -0.393. The first-order valence-electron chi connectivity index (χ1n) is 7.26. The topological polar surface area (TPSA) is 64.3 Å². The van der Waals surface area contributed by atoms with E-state index >= 15 is 0 Å². The highest BCUT2D eigenvalue weighted by Crippen LogP contribution is 2.36. The molecule has 0 aliphatic heterocycles. The molecule has 0 atom stereocenters. The van der Waals surface area contributed by atoms with Crippen molar-refractivity contribution in [2.75, 3.05) is 24.7 Å². The number of anilines is 2. The zero-order valence-electron chi connectivity index (χ0n) is 12.4. The van der Waals surface area contributed by atoms with Crippen LogP contribution in [0.1, 0.15) is 49.4 Å². The molecule has 1 saturated carbocycles. The van der Waals surface area contributed by atoms with Crippen LogP contribution in [0, 0.1) is 5.41 Å². The molecule has 4 heteroatoms. The number of nitrogens with two attached hydrogens (primary N) is 1. The number of carbonyl (C=O) groups excluding carboxylic acids is 1. The average Bonchev–Trinajstić information content (AvgIpc) is 2.46. The maximum atomic E-state index is 11.6. The number of hydrogen-bond acceptors (Lipinski definition) is 4. The number of esters is 1. The van der Waals surface area contributed by atoms with E-state index in [4.69, 9.17) is 10.5 Å². The maximum absolute atomic E-state index is 11.6. The summed E-state index contributed by atoms with van der Waals surface area (Å²) in [5, 5.41) is 3.41. The molecular weight excluding hydrogens is 252 g/mol. The van der Waals surface area contributed by atoms with Gasteiger partial charge in [0.05, 0.1) is 24.0 Å². The predicted molar refractivity (Wildman–Crippen MR) is 81.9 cm³/mol. The molecule has 0 radical (unpaired) electrons. The standard InChI is InChI=1S/C16H24N2O2/c1-16(9-4-3-5-10-16)11-18-13-8-6-7-12(14(13)17)15(19)20-2/h6-8,18H,3-5,9-11,17H2,1-2H3. The molecule has 1 aliphatic rings. The van der Waals surface area contributed by atoms with Gasteiger partial charge in [0.15, 0.2) is 0 Å². The fourth-order valence-electron chi connectivity index (χ4n) is 2.90. The second-order valence-corrected chi connectivity index (χ2v) is 5.98. The number of rotatable bonds is 4.